The van der Waals surface area contributed by atoms with E-state index in [0.29, 0.717) is 6.54 Å². The van der Waals surface area contributed by atoms with Crippen molar-refractivity contribution in [3.05, 3.63) is 59.2 Å². The summed E-state index contributed by atoms with van der Waals surface area (Å²) in [4.78, 5) is 6.84. The van der Waals surface area contributed by atoms with Gasteiger partial charge in [0.2, 0.25) is 0 Å². The normalized spacial score (nSPS) is 14.2. The quantitative estimate of drug-likeness (QED) is 0.313. The molecular weight excluding hydrogens is 491 g/mol. The Morgan fingerprint density at radius 3 is 2.23 bits per heavy atom. The van der Waals surface area contributed by atoms with Gasteiger partial charge in [0.05, 0.1) is 14.2 Å². The van der Waals surface area contributed by atoms with E-state index in [0.717, 1.165) is 36.1 Å². The Balaban J connectivity index is 0.00000320. The fraction of sp³-hybridized carbons (Fsp3) is 0.435. The predicted octanol–water partition coefficient (Wildman–Crippen LogP) is 3.78. The number of hydrogen-bond acceptors (Lipinski definition) is 4. The lowest BCUT2D eigenvalue weighted by atomic mass is 10.1. The number of nitrogens with zero attached hydrogens (tertiary/aromatic N) is 2. The number of methoxy groups -OCH3 is 2. The zero-order valence-electron chi connectivity index (χ0n) is 18.1. The predicted molar refractivity (Wildman–Crippen MR) is 133 cm³/mol. The largest absolute Gasteiger partial charge is 0.497 e. The van der Waals surface area contributed by atoms with Gasteiger partial charge in [-0.3, -0.25) is 9.89 Å². The minimum absolute atomic E-state index is 0. The fourth-order valence-electron chi connectivity index (χ4n) is 3.54. The Morgan fingerprint density at radius 2 is 1.60 bits per heavy atom. The Hall–Kier alpha value is -2.00. The minimum atomic E-state index is 0. The summed E-state index contributed by atoms with van der Waals surface area (Å²) in [5.41, 5.74) is 3.66. The summed E-state index contributed by atoms with van der Waals surface area (Å²) in [6.07, 6.45) is 2.66. The molecule has 30 heavy (non-hydrogen) atoms. The number of nitrogens with one attached hydrogen (secondary N) is 2. The Labute approximate surface area is 197 Å². The molecule has 2 aromatic rings. The van der Waals surface area contributed by atoms with Crippen LogP contribution in [0.15, 0.2) is 47.5 Å². The van der Waals surface area contributed by atoms with E-state index in [-0.39, 0.29) is 24.0 Å². The molecule has 0 unspecified atom stereocenters. The number of likely N-dealkylation sites (tertiary alicyclic amines) is 1. The van der Waals surface area contributed by atoms with E-state index >= 15 is 0 Å². The molecule has 164 valence electrons. The molecule has 0 aliphatic carbocycles. The van der Waals surface area contributed by atoms with Gasteiger partial charge < -0.3 is 20.1 Å². The topological polar surface area (TPSA) is 58.1 Å². The molecular formula is C23H33IN4O2. The maximum atomic E-state index is 5.46. The summed E-state index contributed by atoms with van der Waals surface area (Å²) in [5.74, 6) is 2.33. The zero-order chi connectivity index (χ0) is 20.5. The lowest BCUT2D eigenvalue weighted by molar-refractivity contribution is 0.331. The molecule has 1 aliphatic heterocycles. The summed E-state index contributed by atoms with van der Waals surface area (Å²) in [7, 11) is 5.09. The van der Waals surface area contributed by atoms with Crippen LogP contribution in [-0.4, -0.2) is 45.2 Å². The highest BCUT2D eigenvalue weighted by Crippen LogP contribution is 2.24. The zero-order valence-corrected chi connectivity index (χ0v) is 20.4. The van der Waals surface area contributed by atoms with Gasteiger partial charge >= 0.3 is 0 Å². The lowest BCUT2D eigenvalue weighted by Crippen LogP contribution is -2.36. The van der Waals surface area contributed by atoms with E-state index in [1.165, 1.54) is 37.1 Å². The molecule has 3 rings (SSSR count). The van der Waals surface area contributed by atoms with Gasteiger partial charge in [-0.15, -0.1) is 24.0 Å². The summed E-state index contributed by atoms with van der Waals surface area (Å²) < 4.78 is 10.7. The van der Waals surface area contributed by atoms with Crippen molar-refractivity contribution in [3.8, 4) is 11.5 Å². The Bertz CT molecular complexity index is 805. The first kappa shape index (κ1) is 24.3. The SMILES string of the molecule is CN=C(NCc1ccc(CN2CCCC2)cc1)NCc1ccc(OC)cc1OC.I. The van der Waals surface area contributed by atoms with Crippen LogP contribution < -0.4 is 20.1 Å². The van der Waals surface area contributed by atoms with Gasteiger partial charge in [-0.1, -0.05) is 24.3 Å². The molecule has 0 aromatic heterocycles. The van der Waals surface area contributed by atoms with Crippen molar-refractivity contribution in [3.63, 3.8) is 0 Å². The third-order valence-electron chi connectivity index (χ3n) is 5.25. The molecule has 0 saturated carbocycles. The maximum Gasteiger partial charge on any atom is 0.191 e. The molecule has 1 heterocycles. The highest BCUT2D eigenvalue weighted by molar-refractivity contribution is 14.0. The van der Waals surface area contributed by atoms with Crippen molar-refractivity contribution in [1.29, 1.82) is 0 Å². The molecule has 0 atom stereocenters. The van der Waals surface area contributed by atoms with Crippen LogP contribution in [-0.2, 0) is 19.6 Å². The Morgan fingerprint density at radius 1 is 0.933 bits per heavy atom. The van der Waals surface area contributed by atoms with E-state index in [9.17, 15) is 0 Å². The number of hydrogen-bond donors (Lipinski definition) is 2. The standard InChI is InChI=1S/C23H32N4O2.HI/c1-24-23(26-16-20-10-11-21(28-2)14-22(20)29-3)25-15-18-6-8-19(9-7-18)17-27-12-4-5-13-27;/h6-11,14H,4-5,12-13,15-17H2,1-3H3,(H2,24,25,26);1H. The second-order valence-electron chi connectivity index (χ2n) is 7.26. The van der Waals surface area contributed by atoms with Crippen molar-refractivity contribution in [2.45, 2.75) is 32.5 Å². The van der Waals surface area contributed by atoms with E-state index in [1.807, 2.05) is 18.2 Å². The van der Waals surface area contributed by atoms with Crippen LogP contribution in [0.5, 0.6) is 11.5 Å². The number of guanidine groups is 1. The number of benzene rings is 2. The van der Waals surface area contributed by atoms with E-state index in [4.69, 9.17) is 9.47 Å². The van der Waals surface area contributed by atoms with Crippen molar-refractivity contribution < 1.29 is 9.47 Å². The van der Waals surface area contributed by atoms with Crippen LogP contribution in [0, 0.1) is 0 Å². The van der Waals surface area contributed by atoms with E-state index < -0.39 is 0 Å². The minimum Gasteiger partial charge on any atom is -0.497 e. The first-order valence-electron chi connectivity index (χ1n) is 10.2. The van der Waals surface area contributed by atoms with E-state index in [1.54, 1.807) is 21.3 Å². The molecule has 0 amide bonds. The molecule has 1 fully saturated rings. The lowest BCUT2D eigenvalue weighted by Gasteiger charge is -2.16. The monoisotopic (exact) mass is 524 g/mol. The third kappa shape index (κ3) is 7.05. The van der Waals surface area contributed by atoms with Crippen LogP contribution in [0.1, 0.15) is 29.5 Å². The Kier molecular flexibility index (Phi) is 10.2. The second-order valence-corrected chi connectivity index (χ2v) is 7.26. The van der Waals surface area contributed by atoms with Gasteiger partial charge in [-0.05, 0) is 49.2 Å². The van der Waals surface area contributed by atoms with Crippen LogP contribution in [0.4, 0.5) is 0 Å². The number of halogens is 1. The van der Waals surface area contributed by atoms with Gasteiger partial charge in [-0.2, -0.15) is 0 Å². The maximum absolute atomic E-state index is 5.46. The molecule has 1 aliphatic rings. The summed E-state index contributed by atoms with van der Waals surface area (Å²) in [5, 5.41) is 6.71. The van der Waals surface area contributed by atoms with Crippen LogP contribution in [0.3, 0.4) is 0 Å². The highest BCUT2D eigenvalue weighted by Gasteiger charge is 2.11. The molecule has 1 saturated heterocycles. The number of aliphatic imine (C=N–C) groups is 1. The summed E-state index contributed by atoms with van der Waals surface area (Å²) in [6.45, 7) is 4.85. The van der Waals surface area contributed by atoms with Gasteiger partial charge in [0.25, 0.3) is 0 Å². The van der Waals surface area contributed by atoms with Crippen molar-refractivity contribution in [1.82, 2.24) is 15.5 Å². The van der Waals surface area contributed by atoms with Crippen LogP contribution >= 0.6 is 24.0 Å². The third-order valence-corrected chi connectivity index (χ3v) is 5.25. The van der Waals surface area contributed by atoms with Gasteiger partial charge in [0, 0.05) is 38.3 Å². The second kappa shape index (κ2) is 12.6. The van der Waals surface area contributed by atoms with Crippen molar-refractivity contribution in [2.75, 3.05) is 34.4 Å². The summed E-state index contributed by atoms with van der Waals surface area (Å²) >= 11 is 0. The summed E-state index contributed by atoms with van der Waals surface area (Å²) in [6, 6.07) is 14.7. The highest BCUT2D eigenvalue weighted by atomic mass is 127. The molecule has 6 nitrogen and oxygen atoms in total. The number of ether oxygens (including phenoxy) is 2. The fourth-order valence-corrected chi connectivity index (χ4v) is 3.54. The van der Waals surface area contributed by atoms with Crippen LogP contribution in [0.2, 0.25) is 0 Å². The smallest absolute Gasteiger partial charge is 0.191 e. The van der Waals surface area contributed by atoms with Crippen molar-refractivity contribution in [2.24, 2.45) is 4.99 Å². The van der Waals surface area contributed by atoms with Gasteiger partial charge in [-0.25, -0.2) is 0 Å². The molecule has 0 radical (unpaired) electrons. The average molecular weight is 524 g/mol. The van der Waals surface area contributed by atoms with Gasteiger partial charge in [0.1, 0.15) is 11.5 Å². The van der Waals surface area contributed by atoms with Crippen molar-refractivity contribution >= 4 is 29.9 Å². The molecule has 7 heteroatoms. The molecule has 0 spiro atoms. The number of rotatable bonds is 8. The first-order chi connectivity index (χ1) is 14.2. The first-order valence-corrected chi connectivity index (χ1v) is 10.2. The van der Waals surface area contributed by atoms with Gasteiger partial charge in [0.15, 0.2) is 5.96 Å². The average Bonchev–Trinajstić information content (AvgIpc) is 3.28. The van der Waals surface area contributed by atoms with E-state index in [2.05, 4.69) is 44.8 Å². The molecule has 0 bridgehead atoms. The molecule has 2 aromatic carbocycles. The molecule has 2 N–H and O–H groups in total. The van der Waals surface area contributed by atoms with Crippen LogP contribution in [0.25, 0.3) is 0 Å².